The summed E-state index contributed by atoms with van der Waals surface area (Å²) >= 11 is 0. The van der Waals surface area contributed by atoms with Gasteiger partial charge in [0.2, 0.25) is 0 Å². The second-order valence-electron chi connectivity index (χ2n) is 13.3. The first-order valence-corrected chi connectivity index (χ1v) is 17.4. The fourth-order valence-corrected chi connectivity index (χ4v) is 8.13. The summed E-state index contributed by atoms with van der Waals surface area (Å²) in [7, 11) is 0. The average Bonchev–Trinajstić information content (AvgIpc) is 3.98. The molecule has 4 N–H and O–H groups in total. The Hall–Kier alpha value is -5.44. The van der Waals surface area contributed by atoms with Crippen LogP contribution in [-0.2, 0) is 11.3 Å². The van der Waals surface area contributed by atoms with Gasteiger partial charge in [0, 0.05) is 43.2 Å². The molecule has 0 aromatic carbocycles. The molecule has 50 heavy (non-hydrogen) atoms. The van der Waals surface area contributed by atoms with Crippen LogP contribution in [0.2, 0.25) is 0 Å². The first-order valence-electron chi connectivity index (χ1n) is 17.4. The van der Waals surface area contributed by atoms with Crippen molar-refractivity contribution in [3.8, 4) is 0 Å². The number of carbonyl (C=O) groups is 1. The molecule has 0 spiro atoms. The van der Waals surface area contributed by atoms with Crippen LogP contribution in [0.4, 0.5) is 4.79 Å². The number of nitrogens with one attached hydrogen (secondary N) is 3. The van der Waals surface area contributed by atoms with E-state index in [0.717, 1.165) is 89.4 Å². The van der Waals surface area contributed by atoms with Crippen LogP contribution in [-0.4, -0.2) is 77.5 Å². The van der Waals surface area contributed by atoms with Gasteiger partial charge in [-0.3, -0.25) is 13.8 Å². The summed E-state index contributed by atoms with van der Waals surface area (Å²) in [5.74, 6) is 3.71. The molecule has 7 heterocycles. The van der Waals surface area contributed by atoms with E-state index in [2.05, 4.69) is 85.4 Å². The highest BCUT2D eigenvalue weighted by atomic mass is 16.5. The van der Waals surface area contributed by atoms with Gasteiger partial charge in [0.25, 0.3) is 0 Å². The van der Waals surface area contributed by atoms with Crippen LogP contribution >= 0.6 is 0 Å². The Labute approximate surface area is 286 Å². The van der Waals surface area contributed by atoms with Crippen molar-refractivity contribution in [1.29, 1.82) is 0 Å². The molecule has 15 heteroatoms. The molecule has 7 aromatic rings. The van der Waals surface area contributed by atoms with E-state index in [1.165, 1.54) is 0 Å². The molecule has 9 rings (SSSR count). The molecular weight excluding hydrogens is 636 g/mol. The van der Waals surface area contributed by atoms with Gasteiger partial charge in [0.1, 0.15) is 11.6 Å². The number of ether oxygens (including phenoxy) is 1. The molecule has 0 unspecified atom stereocenters. The number of aromatic amines is 2. The summed E-state index contributed by atoms with van der Waals surface area (Å²) in [5, 5.41) is 28.8. The van der Waals surface area contributed by atoms with Gasteiger partial charge in [-0.15, -0.1) is 20.4 Å². The van der Waals surface area contributed by atoms with Gasteiger partial charge >= 0.3 is 6.09 Å². The fraction of sp³-hybridized carbons (Fsp3) is 0.429. The lowest BCUT2D eigenvalue weighted by Gasteiger charge is -2.18. The number of H-pyrrole nitrogens is 2. The van der Waals surface area contributed by atoms with Crippen molar-refractivity contribution >= 4 is 39.7 Å². The van der Waals surface area contributed by atoms with Gasteiger partial charge in [0.05, 0.1) is 35.6 Å². The van der Waals surface area contributed by atoms with Crippen molar-refractivity contribution in [2.45, 2.75) is 83.0 Å². The van der Waals surface area contributed by atoms with E-state index in [-0.39, 0.29) is 12.2 Å². The van der Waals surface area contributed by atoms with Crippen molar-refractivity contribution in [3.63, 3.8) is 0 Å². The maximum Gasteiger partial charge on any atom is 0.404 e. The molecule has 0 bridgehead atoms. The fourth-order valence-electron chi connectivity index (χ4n) is 8.13. The molecular formula is C35H40N12O3. The predicted octanol–water partition coefficient (Wildman–Crippen LogP) is 5.64. The van der Waals surface area contributed by atoms with E-state index >= 15 is 0 Å². The summed E-state index contributed by atoms with van der Waals surface area (Å²) < 4.78 is 11.3. The molecule has 15 nitrogen and oxygen atoms in total. The lowest BCUT2D eigenvalue weighted by molar-refractivity contribution is -0.00877. The molecule has 0 radical (unpaired) electrons. The van der Waals surface area contributed by atoms with Crippen LogP contribution in [0.3, 0.4) is 0 Å². The van der Waals surface area contributed by atoms with Crippen LogP contribution in [0.25, 0.3) is 33.6 Å². The zero-order chi connectivity index (χ0) is 34.2. The minimum absolute atomic E-state index is 0.216. The zero-order valence-corrected chi connectivity index (χ0v) is 28.0. The van der Waals surface area contributed by atoms with E-state index in [1.54, 1.807) is 30.9 Å². The van der Waals surface area contributed by atoms with E-state index < -0.39 is 6.09 Å². The highest BCUT2D eigenvalue weighted by molar-refractivity contribution is 5.75. The van der Waals surface area contributed by atoms with E-state index in [4.69, 9.17) is 9.84 Å². The number of rotatable bonds is 8. The highest BCUT2D eigenvalue weighted by Gasteiger charge is 2.42. The van der Waals surface area contributed by atoms with Crippen LogP contribution in [0.5, 0.6) is 0 Å². The van der Waals surface area contributed by atoms with Crippen LogP contribution in [0.1, 0.15) is 81.4 Å². The van der Waals surface area contributed by atoms with Crippen molar-refractivity contribution in [2.75, 3.05) is 0 Å². The van der Waals surface area contributed by atoms with Gasteiger partial charge in [-0.25, -0.2) is 14.8 Å². The zero-order valence-electron chi connectivity index (χ0n) is 28.0. The minimum atomic E-state index is -1.02. The summed E-state index contributed by atoms with van der Waals surface area (Å²) in [6, 6.07) is 7.68. The number of aromatic nitrogens is 11. The molecule has 7 aromatic heterocycles. The number of carboxylic acid groups (broad SMARTS) is 1. The number of nitrogens with zero attached hydrogens (tertiary/aromatic N) is 9. The molecule has 0 saturated heterocycles. The Morgan fingerprint density at radius 1 is 0.820 bits per heavy atom. The number of amides is 1. The number of pyridine rings is 1. The third-order valence-electron chi connectivity index (χ3n) is 10.5. The second-order valence-corrected chi connectivity index (χ2v) is 13.3. The molecule has 2 saturated carbocycles. The summed E-state index contributed by atoms with van der Waals surface area (Å²) in [4.78, 5) is 29.3. The maximum atomic E-state index is 10.0. The second kappa shape index (κ2) is 13.5. The SMILES string of the molecule is CC[C@@H]1C[C@H](O[C@H]2C[C@@H](CC)[C@@H](c3nnc4cnc5[nH]ccc5n34)C2)C[C@@H]1c1nnc2cnc3[nH]ccc3n12.O=C(O)NCc1cccnc1. The Bertz CT molecular complexity index is 2110. The topological polar surface area (TPSA) is 189 Å². The van der Waals surface area contributed by atoms with Crippen LogP contribution in [0.15, 0.2) is 61.4 Å². The Balaban J connectivity index is 0.000000283. The van der Waals surface area contributed by atoms with Crippen molar-refractivity contribution in [3.05, 3.63) is 78.7 Å². The lowest BCUT2D eigenvalue weighted by atomic mass is 9.93. The Morgan fingerprint density at radius 3 is 1.86 bits per heavy atom. The van der Waals surface area contributed by atoms with E-state index in [9.17, 15) is 4.79 Å². The van der Waals surface area contributed by atoms with Gasteiger partial charge < -0.3 is 25.1 Å². The molecule has 2 aliphatic carbocycles. The van der Waals surface area contributed by atoms with E-state index in [0.29, 0.717) is 30.2 Å². The molecule has 0 aliphatic heterocycles. The summed E-state index contributed by atoms with van der Waals surface area (Å²) in [6.45, 7) is 4.87. The Morgan fingerprint density at radius 2 is 1.38 bits per heavy atom. The summed E-state index contributed by atoms with van der Waals surface area (Å²) in [6.07, 6.45) is 16.4. The van der Waals surface area contributed by atoms with Crippen molar-refractivity contribution in [1.82, 2.24) is 59.4 Å². The largest absolute Gasteiger partial charge is 0.465 e. The van der Waals surface area contributed by atoms with Gasteiger partial charge in [-0.05, 0) is 61.3 Å². The molecule has 258 valence electrons. The molecule has 1 amide bonds. The van der Waals surface area contributed by atoms with Crippen molar-refractivity contribution in [2.24, 2.45) is 11.8 Å². The number of hydrogen-bond acceptors (Lipinski definition) is 9. The molecule has 6 atom stereocenters. The standard InChI is InChI=1S/C28H32N10O.C7H8N2O2/c1-3-15-9-17(11-19(15)27-35-33-23-13-31-25-21(37(23)27)5-7-29-25)39-18-10-16(4-2)20(12-18)28-36-34-24-14-32-26-22(38(24)28)6-8-30-26;10-7(11)9-5-6-2-1-3-8-4-6/h5-8,13-20,29-30H,3-4,9-12H2,1-2H3;1-4,9H,5H2,(H,10,11)/t15-,16-,17+,18+,19+,20+;/m1./s1. The van der Waals surface area contributed by atoms with Gasteiger partial charge in [-0.2, -0.15) is 0 Å². The normalized spacial score (nSPS) is 23.6. The quantitative estimate of drug-likeness (QED) is 0.157. The first kappa shape index (κ1) is 31.8. The smallest absolute Gasteiger partial charge is 0.404 e. The molecule has 2 aliphatic rings. The third-order valence-corrected chi connectivity index (χ3v) is 10.5. The Kier molecular flexibility index (Phi) is 8.56. The molecule has 2 fully saturated rings. The van der Waals surface area contributed by atoms with Gasteiger partial charge in [-0.1, -0.05) is 32.8 Å². The monoisotopic (exact) mass is 676 g/mol. The summed E-state index contributed by atoms with van der Waals surface area (Å²) in [5.41, 5.74) is 6.24. The maximum absolute atomic E-state index is 10.0. The highest BCUT2D eigenvalue weighted by Crippen LogP contribution is 2.47. The number of hydrogen-bond donors (Lipinski definition) is 4. The van der Waals surface area contributed by atoms with Crippen LogP contribution < -0.4 is 5.32 Å². The number of fused-ring (bicyclic) bond motifs is 6. The third kappa shape index (κ3) is 5.91. The van der Waals surface area contributed by atoms with Gasteiger partial charge in [0.15, 0.2) is 22.6 Å². The lowest BCUT2D eigenvalue weighted by Crippen LogP contribution is -2.19. The van der Waals surface area contributed by atoms with Crippen LogP contribution in [0, 0.1) is 11.8 Å². The van der Waals surface area contributed by atoms with E-state index in [1.807, 2.05) is 18.5 Å². The minimum Gasteiger partial charge on any atom is -0.465 e. The predicted molar refractivity (Wildman–Crippen MR) is 185 cm³/mol. The average molecular weight is 677 g/mol. The van der Waals surface area contributed by atoms with Crippen molar-refractivity contribution < 1.29 is 14.6 Å². The first-order chi connectivity index (χ1) is 24.5.